The summed E-state index contributed by atoms with van der Waals surface area (Å²) in [6, 6.07) is 0. The fourth-order valence-corrected chi connectivity index (χ4v) is 4.70. The Labute approximate surface area is 120 Å². The summed E-state index contributed by atoms with van der Waals surface area (Å²) in [5.74, 6) is 1.54. The smallest absolute Gasteiger partial charge is 0.175 e. The molecule has 0 unspecified atom stereocenters. The minimum Gasteiger partial charge on any atom is -0.349 e. The maximum atomic E-state index is 6.12. The molecule has 0 aromatic rings. The van der Waals surface area contributed by atoms with Gasteiger partial charge in [0.1, 0.15) is 0 Å². The number of hydrogen-bond donors (Lipinski definition) is 0. The minimum atomic E-state index is -0.268. The molecule has 4 nitrogen and oxygen atoms in total. The van der Waals surface area contributed by atoms with Crippen LogP contribution in [0.15, 0.2) is 0 Å². The van der Waals surface area contributed by atoms with Crippen molar-refractivity contribution in [2.24, 2.45) is 34.5 Å². The van der Waals surface area contributed by atoms with Gasteiger partial charge in [-0.3, -0.25) is 0 Å². The second-order valence-corrected chi connectivity index (χ2v) is 9.03. The highest BCUT2D eigenvalue weighted by Gasteiger charge is 2.99. The summed E-state index contributed by atoms with van der Waals surface area (Å²) in [5, 5.41) is 0. The monoisotopic (exact) mass is 280 g/mol. The molecule has 2 spiro atoms. The van der Waals surface area contributed by atoms with E-state index in [1.165, 1.54) is 0 Å². The van der Waals surface area contributed by atoms with Gasteiger partial charge in [0.25, 0.3) is 0 Å². The zero-order valence-electron chi connectivity index (χ0n) is 12.8. The average molecular weight is 280 g/mol. The summed E-state index contributed by atoms with van der Waals surface area (Å²) >= 11 is 0. The van der Waals surface area contributed by atoms with Gasteiger partial charge in [-0.1, -0.05) is 27.7 Å². The molecule has 0 bridgehead atoms. The van der Waals surface area contributed by atoms with E-state index in [-0.39, 0.29) is 22.4 Å². The van der Waals surface area contributed by atoms with Crippen LogP contribution in [0.5, 0.6) is 0 Å². The minimum absolute atomic E-state index is 0.150. The quantitative estimate of drug-likeness (QED) is 0.680. The van der Waals surface area contributed by atoms with Crippen LogP contribution in [-0.2, 0) is 18.9 Å². The first-order valence-corrected chi connectivity index (χ1v) is 7.87. The van der Waals surface area contributed by atoms with Gasteiger partial charge in [-0.25, -0.2) is 0 Å². The third-order valence-electron chi connectivity index (χ3n) is 5.94. The second-order valence-electron chi connectivity index (χ2n) is 9.03. The van der Waals surface area contributed by atoms with Crippen LogP contribution in [0.1, 0.15) is 27.7 Å². The van der Waals surface area contributed by atoms with Crippen LogP contribution in [0.2, 0.25) is 0 Å². The van der Waals surface area contributed by atoms with Gasteiger partial charge >= 0.3 is 0 Å². The van der Waals surface area contributed by atoms with Gasteiger partial charge in [0.05, 0.1) is 26.4 Å². The molecular weight excluding hydrogens is 256 g/mol. The van der Waals surface area contributed by atoms with Crippen molar-refractivity contribution in [3.05, 3.63) is 0 Å². The molecule has 5 fully saturated rings. The predicted octanol–water partition coefficient (Wildman–Crippen LogP) is 2.03. The third-order valence-corrected chi connectivity index (χ3v) is 5.94. The fourth-order valence-electron chi connectivity index (χ4n) is 4.70. The molecule has 3 saturated carbocycles. The lowest BCUT2D eigenvalue weighted by Crippen LogP contribution is -2.44. The Bertz CT molecular complexity index is 391. The predicted molar refractivity (Wildman–Crippen MR) is 70.8 cm³/mol. The lowest BCUT2D eigenvalue weighted by Gasteiger charge is -2.38. The number of fused-ring (bicyclic) bond motifs is 8. The van der Waals surface area contributed by atoms with E-state index in [1.54, 1.807) is 0 Å². The molecule has 112 valence electrons. The van der Waals surface area contributed by atoms with Gasteiger partial charge in [-0.15, -0.1) is 0 Å². The van der Waals surface area contributed by atoms with Gasteiger partial charge < -0.3 is 18.9 Å². The first-order valence-electron chi connectivity index (χ1n) is 7.87. The standard InChI is InChI=1S/C16H24O4/c1-13(2)5-17-15(18-6-13)9-10(15)12-11(9)16(12)19-7-14(3,4)8-20-16/h9-12H,5-8H2,1-4H3. The maximum Gasteiger partial charge on any atom is 0.175 e. The van der Waals surface area contributed by atoms with Crippen molar-refractivity contribution in [3.63, 3.8) is 0 Å². The molecule has 2 saturated heterocycles. The van der Waals surface area contributed by atoms with E-state index in [2.05, 4.69) is 27.7 Å². The zero-order valence-corrected chi connectivity index (χ0v) is 12.8. The molecule has 20 heavy (non-hydrogen) atoms. The molecule has 0 atom stereocenters. The highest BCUT2D eigenvalue weighted by molar-refractivity contribution is 5.39. The molecule has 0 aromatic heterocycles. The van der Waals surface area contributed by atoms with Crippen molar-refractivity contribution in [1.82, 2.24) is 0 Å². The molecule has 0 aromatic carbocycles. The molecule has 2 aliphatic heterocycles. The lowest BCUT2D eigenvalue weighted by atomic mass is 9.95. The normalized spacial score (nSPS) is 51.0. The molecule has 0 amide bonds. The molecule has 4 heteroatoms. The number of hydrogen-bond acceptors (Lipinski definition) is 4. The Balaban J connectivity index is 1.28. The molecule has 5 aliphatic rings. The van der Waals surface area contributed by atoms with E-state index in [0.717, 1.165) is 26.4 Å². The Kier molecular flexibility index (Phi) is 1.93. The SMILES string of the molecule is CC1(C)COC2(OC1)C1C2C2C1C21OCC(C)(C)CO1. The molecule has 5 rings (SSSR count). The van der Waals surface area contributed by atoms with Gasteiger partial charge in [-0.05, 0) is 0 Å². The number of rotatable bonds is 0. The maximum absolute atomic E-state index is 6.12. The van der Waals surface area contributed by atoms with Crippen LogP contribution in [0.25, 0.3) is 0 Å². The largest absolute Gasteiger partial charge is 0.349 e. The Morgan fingerprint density at radius 1 is 0.550 bits per heavy atom. The van der Waals surface area contributed by atoms with E-state index < -0.39 is 0 Å². The molecule has 3 aliphatic carbocycles. The molecule has 0 radical (unpaired) electrons. The van der Waals surface area contributed by atoms with E-state index in [9.17, 15) is 0 Å². The summed E-state index contributed by atoms with van der Waals surface area (Å²) in [5.41, 5.74) is 0.300. The summed E-state index contributed by atoms with van der Waals surface area (Å²) in [4.78, 5) is 0. The highest BCUT2D eigenvalue weighted by atomic mass is 16.7. The lowest BCUT2D eigenvalue weighted by molar-refractivity contribution is -0.283. The van der Waals surface area contributed by atoms with E-state index >= 15 is 0 Å². The summed E-state index contributed by atoms with van der Waals surface area (Å²) in [7, 11) is 0. The van der Waals surface area contributed by atoms with E-state index in [4.69, 9.17) is 18.9 Å². The molecule has 2 heterocycles. The molecular formula is C16H24O4. The first kappa shape index (κ1) is 12.4. The summed E-state index contributed by atoms with van der Waals surface area (Å²) in [6.07, 6.45) is 0. The van der Waals surface area contributed by atoms with Crippen LogP contribution in [0, 0.1) is 34.5 Å². The van der Waals surface area contributed by atoms with Gasteiger partial charge in [0.2, 0.25) is 0 Å². The van der Waals surface area contributed by atoms with Crippen LogP contribution in [0.4, 0.5) is 0 Å². The van der Waals surface area contributed by atoms with Crippen LogP contribution in [0.3, 0.4) is 0 Å². The van der Waals surface area contributed by atoms with Gasteiger partial charge in [-0.2, -0.15) is 0 Å². The topological polar surface area (TPSA) is 36.9 Å². The van der Waals surface area contributed by atoms with E-state index in [0.29, 0.717) is 23.7 Å². The van der Waals surface area contributed by atoms with Crippen molar-refractivity contribution < 1.29 is 18.9 Å². The van der Waals surface area contributed by atoms with Crippen molar-refractivity contribution in [2.75, 3.05) is 26.4 Å². The van der Waals surface area contributed by atoms with Gasteiger partial charge in [0, 0.05) is 34.5 Å². The van der Waals surface area contributed by atoms with Crippen molar-refractivity contribution in [1.29, 1.82) is 0 Å². The van der Waals surface area contributed by atoms with Crippen molar-refractivity contribution in [3.8, 4) is 0 Å². The second kappa shape index (κ2) is 3.12. The Hall–Kier alpha value is -0.160. The van der Waals surface area contributed by atoms with E-state index in [1.807, 2.05) is 0 Å². The summed E-state index contributed by atoms with van der Waals surface area (Å²) in [6.45, 7) is 12.0. The third kappa shape index (κ3) is 1.24. The van der Waals surface area contributed by atoms with Gasteiger partial charge in [0.15, 0.2) is 11.6 Å². The highest BCUT2D eigenvalue weighted by Crippen LogP contribution is 2.89. The first-order chi connectivity index (χ1) is 9.32. The number of ether oxygens (including phenoxy) is 4. The van der Waals surface area contributed by atoms with Crippen LogP contribution in [-0.4, -0.2) is 38.0 Å². The fraction of sp³-hybridized carbons (Fsp3) is 1.00. The van der Waals surface area contributed by atoms with Crippen LogP contribution >= 0.6 is 0 Å². The van der Waals surface area contributed by atoms with Crippen molar-refractivity contribution >= 4 is 0 Å². The Morgan fingerprint density at radius 2 is 0.800 bits per heavy atom. The zero-order chi connectivity index (χ0) is 14.0. The van der Waals surface area contributed by atoms with Crippen LogP contribution < -0.4 is 0 Å². The van der Waals surface area contributed by atoms with Crippen molar-refractivity contribution in [2.45, 2.75) is 39.3 Å². The summed E-state index contributed by atoms with van der Waals surface area (Å²) < 4.78 is 24.5. The average Bonchev–Trinajstić information content (AvgIpc) is 3.08. The molecule has 0 N–H and O–H groups in total. The Morgan fingerprint density at radius 3 is 1.05 bits per heavy atom.